The van der Waals surface area contributed by atoms with E-state index < -0.39 is 28.9 Å². The van der Waals surface area contributed by atoms with Gasteiger partial charge in [0.25, 0.3) is 11.7 Å². The molecule has 0 radical (unpaired) electrons. The van der Waals surface area contributed by atoms with E-state index >= 15 is 0 Å². The number of carbonyl (C=O) groups is 3. The summed E-state index contributed by atoms with van der Waals surface area (Å²) >= 11 is 2.95. The molecule has 1 aliphatic heterocycles. The van der Waals surface area contributed by atoms with E-state index in [-0.39, 0.29) is 22.3 Å². The molecule has 0 aromatic heterocycles. The van der Waals surface area contributed by atoms with Gasteiger partial charge in [0.05, 0.1) is 21.1 Å². The van der Waals surface area contributed by atoms with Crippen molar-refractivity contribution < 1.29 is 23.9 Å². The van der Waals surface area contributed by atoms with Crippen LogP contribution < -0.4 is 4.90 Å². The number of anilines is 1. The van der Waals surface area contributed by atoms with E-state index in [9.17, 15) is 18.8 Å². The number of amides is 1. The summed E-state index contributed by atoms with van der Waals surface area (Å²) in [6.07, 6.45) is 0. The first-order valence-corrected chi connectivity index (χ1v) is 6.53. The van der Waals surface area contributed by atoms with Crippen LogP contribution in [0.2, 0.25) is 0 Å². The number of aliphatic carboxylic acids is 1. The van der Waals surface area contributed by atoms with E-state index in [2.05, 4.69) is 15.9 Å². The summed E-state index contributed by atoms with van der Waals surface area (Å²) in [4.78, 5) is 35.9. The molecular weight excluding hydrogens is 333 g/mol. The molecule has 5 nitrogen and oxygen atoms in total. The van der Waals surface area contributed by atoms with Gasteiger partial charge in [-0.3, -0.25) is 14.4 Å². The van der Waals surface area contributed by atoms with Gasteiger partial charge in [0, 0.05) is 6.54 Å². The second-order valence-corrected chi connectivity index (χ2v) is 6.05. The Morgan fingerprint density at radius 3 is 2.55 bits per heavy atom. The average Bonchev–Trinajstić information content (AvgIpc) is 2.55. The maximum Gasteiger partial charge on any atom is 0.310 e. The van der Waals surface area contributed by atoms with Gasteiger partial charge >= 0.3 is 5.97 Å². The van der Waals surface area contributed by atoms with Crippen LogP contribution in [0, 0.1) is 11.2 Å². The number of halogens is 2. The Balaban J connectivity index is 2.48. The highest BCUT2D eigenvalue weighted by atomic mass is 79.9. The summed E-state index contributed by atoms with van der Waals surface area (Å²) in [5.41, 5.74) is -1.07. The summed E-state index contributed by atoms with van der Waals surface area (Å²) < 4.78 is 13.7. The molecule has 0 saturated heterocycles. The maximum atomic E-state index is 13.6. The van der Waals surface area contributed by atoms with E-state index in [1.807, 2.05) is 0 Å². The van der Waals surface area contributed by atoms with Crippen LogP contribution in [0.1, 0.15) is 24.2 Å². The van der Waals surface area contributed by atoms with Crippen LogP contribution in [0.25, 0.3) is 0 Å². The van der Waals surface area contributed by atoms with Gasteiger partial charge in [0.2, 0.25) is 0 Å². The molecule has 0 aliphatic carbocycles. The van der Waals surface area contributed by atoms with Gasteiger partial charge in [0.1, 0.15) is 5.82 Å². The van der Waals surface area contributed by atoms with Gasteiger partial charge in [-0.15, -0.1) is 0 Å². The smallest absolute Gasteiger partial charge is 0.310 e. The fraction of sp³-hybridized carbons (Fsp3) is 0.308. The molecule has 0 unspecified atom stereocenters. The Morgan fingerprint density at radius 2 is 2.00 bits per heavy atom. The molecule has 1 amide bonds. The number of rotatable bonds is 3. The molecule has 7 heteroatoms. The minimum atomic E-state index is -1.25. The highest BCUT2D eigenvalue weighted by Crippen LogP contribution is 2.35. The summed E-state index contributed by atoms with van der Waals surface area (Å²) in [6.45, 7) is 2.65. The van der Waals surface area contributed by atoms with Crippen molar-refractivity contribution in [1.82, 2.24) is 0 Å². The standard InChI is InChI=1S/C13H11BrFNO4/c1-13(2,12(19)20)5-16-9-4-8(15)7(14)3-6(9)10(17)11(16)18/h3-4H,5H2,1-2H3,(H,19,20). The predicted octanol–water partition coefficient (Wildman–Crippen LogP) is 2.23. The van der Waals surface area contributed by atoms with Gasteiger partial charge in [-0.2, -0.15) is 0 Å². The van der Waals surface area contributed by atoms with Gasteiger partial charge in [-0.25, -0.2) is 4.39 Å². The molecule has 0 bridgehead atoms. The molecule has 1 N–H and O–H groups in total. The van der Waals surface area contributed by atoms with E-state index in [4.69, 9.17) is 5.11 Å². The molecule has 1 aromatic rings. The lowest BCUT2D eigenvalue weighted by Crippen LogP contribution is -2.41. The second kappa shape index (κ2) is 4.66. The van der Waals surface area contributed by atoms with Crippen LogP contribution in [0.5, 0.6) is 0 Å². The summed E-state index contributed by atoms with van der Waals surface area (Å²) in [5.74, 6) is -3.33. The van der Waals surface area contributed by atoms with Gasteiger partial charge in [0.15, 0.2) is 0 Å². The number of nitrogens with zero attached hydrogens (tertiary/aromatic N) is 1. The quantitative estimate of drug-likeness (QED) is 0.854. The van der Waals surface area contributed by atoms with Gasteiger partial charge in [-0.1, -0.05) is 0 Å². The fourth-order valence-electron chi connectivity index (χ4n) is 1.91. The van der Waals surface area contributed by atoms with Crippen LogP contribution in [-0.2, 0) is 9.59 Å². The van der Waals surface area contributed by atoms with Crippen molar-refractivity contribution in [2.75, 3.05) is 11.4 Å². The first kappa shape index (κ1) is 14.6. The number of benzene rings is 1. The van der Waals surface area contributed by atoms with Crippen LogP contribution in [0.15, 0.2) is 16.6 Å². The normalized spacial score (nSPS) is 14.7. The van der Waals surface area contributed by atoms with E-state index in [0.717, 1.165) is 11.0 Å². The molecule has 0 atom stereocenters. The summed E-state index contributed by atoms with van der Waals surface area (Å²) in [6, 6.07) is 2.29. The van der Waals surface area contributed by atoms with E-state index in [1.165, 1.54) is 19.9 Å². The zero-order valence-corrected chi connectivity index (χ0v) is 12.3. The van der Waals surface area contributed by atoms with Crippen LogP contribution in [-0.4, -0.2) is 29.3 Å². The first-order valence-electron chi connectivity index (χ1n) is 5.74. The molecule has 106 valence electrons. The monoisotopic (exact) mass is 343 g/mol. The second-order valence-electron chi connectivity index (χ2n) is 5.19. The number of carbonyl (C=O) groups excluding carboxylic acids is 2. The third-order valence-electron chi connectivity index (χ3n) is 3.15. The zero-order valence-electron chi connectivity index (χ0n) is 10.7. The Hall–Kier alpha value is -1.76. The molecular formula is C13H11BrFNO4. The van der Waals surface area contributed by atoms with Crippen molar-refractivity contribution in [2.45, 2.75) is 13.8 Å². The first-order chi connectivity index (χ1) is 9.15. The van der Waals surface area contributed by atoms with Crippen molar-refractivity contribution in [1.29, 1.82) is 0 Å². The molecule has 1 aliphatic rings. The number of Topliss-reactive ketones (excluding diaryl/α,β-unsaturated/α-hetero) is 1. The number of hydrogen-bond donors (Lipinski definition) is 1. The summed E-state index contributed by atoms with van der Waals surface area (Å²) in [5, 5.41) is 9.10. The van der Waals surface area contributed by atoms with E-state index in [1.54, 1.807) is 0 Å². The van der Waals surface area contributed by atoms with Crippen LogP contribution >= 0.6 is 15.9 Å². The highest BCUT2D eigenvalue weighted by Gasteiger charge is 2.41. The highest BCUT2D eigenvalue weighted by molar-refractivity contribution is 9.10. The Morgan fingerprint density at radius 1 is 1.40 bits per heavy atom. The number of carboxylic acids is 1. The largest absolute Gasteiger partial charge is 0.481 e. The minimum Gasteiger partial charge on any atom is -0.481 e. The van der Waals surface area contributed by atoms with Crippen molar-refractivity contribution in [3.8, 4) is 0 Å². The predicted molar refractivity (Wildman–Crippen MR) is 72.2 cm³/mol. The minimum absolute atomic E-state index is 0.0736. The maximum absolute atomic E-state index is 13.6. The number of ketones is 1. The Bertz CT molecular complexity index is 642. The number of carboxylic acid groups (broad SMARTS) is 1. The van der Waals surface area contributed by atoms with E-state index in [0.29, 0.717) is 0 Å². The summed E-state index contributed by atoms with van der Waals surface area (Å²) in [7, 11) is 0. The lowest BCUT2D eigenvalue weighted by Gasteiger charge is -2.26. The SMILES string of the molecule is CC(C)(CN1C(=O)C(=O)c2cc(Br)c(F)cc21)C(=O)O. The van der Waals surface area contributed by atoms with Gasteiger partial charge < -0.3 is 10.0 Å². The third kappa shape index (κ3) is 2.22. The van der Waals surface area contributed by atoms with Crippen molar-refractivity contribution in [2.24, 2.45) is 5.41 Å². The molecule has 1 heterocycles. The molecule has 0 saturated carbocycles. The molecule has 1 aromatic carbocycles. The van der Waals surface area contributed by atoms with Crippen molar-refractivity contribution in [3.63, 3.8) is 0 Å². The zero-order chi connectivity index (χ0) is 15.2. The number of fused-ring (bicyclic) bond motifs is 1. The van der Waals surface area contributed by atoms with Crippen LogP contribution in [0.3, 0.4) is 0 Å². The lowest BCUT2D eigenvalue weighted by atomic mass is 9.93. The lowest BCUT2D eigenvalue weighted by molar-refractivity contribution is -0.146. The Kier molecular flexibility index (Phi) is 3.41. The topological polar surface area (TPSA) is 74.7 Å². The molecule has 20 heavy (non-hydrogen) atoms. The van der Waals surface area contributed by atoms with Gasteiger partial charge in [-0.05, 0) is 41.9 Å². The Labute approximate surface area is 122 Å². The third-order valence-corrected chi connectivity index (χ3v) is 3.75. The molecule has 0 fully saturated rings. The number of hydrogen-bond acceptors (Lipinski definition) is 3. The molecule has 2 rings (SSSR count). The molecule has 0 spiro atoms. The fourth-order valence-corrected chi connectivity index (χ4v) is 2.25. The van der Waals surface area contributed by atoms with Crippen molar-refractivity contribution in [3.05, 3.63) is 28.0 Å². The van der Waals surface area contributed by atoms with Crippen LogP contribution in [0.4, 0.5) is 10.1 Å². The average molecular weight is 344 g/mol. The van der Waals surface area contributed by atoms with Crippen molar-refractivity contribution >= 4 is 39.3 Å².